The van der Waals surface area contributed by atoms with Crippen LogP contribution >= 0.6 is 0 Å². The van der Waals surface area contributed by atoms with Crippen molar-refractivity contribution in [1.82, 2.24) is 0 Å². The Morgan fingerprint density at radius 3 is 2.41 bits per heavy atom. The van der Waals surface area contributed by atoms with Crippen molar-refractivity contribution in [3.05, 3.63) is 95.6 Å². The van der Waals surface area contributed by atoms with Crippen LogP contribution in [0.4, 0.5) is 0 Å². The van der Waals surface area contributed by atoms with Gasteiger partial charge >= 0.3 is 0 Å². The molecule has 0 amide bonds. The molecule has 1 N–H and O–H groups in total. The van der Waals surface area contributed by atoms with Gasteiger partial charge in [-0.2, -0.15) is 0 Å². The number of carbonyl (C=O) groups is 1. The minimum Gasteiger partial charge on any atom is -0.507 e. The molecule has 0 unspecified atom stereocenters. The number of allylic oxidation sites excluding steroid dienone is 5. The van der Waals surface area contributed by atoms with Crippen LogP contribution in [0.15, 0.2) is 78.9 Å². The summed E-state index contributed by atoms with van der Waals surface area (Å²) in [6.45, 7) is 0. The molecule has 22 heavy (non-hydrogen) atoms. The van der Waals surface area contributed by atoms with Crippen molar-refractivity contribution >= 4 is 11.9 Å². The van der Waals surface area contributed by atoms with Crippen molar-refractivity contribution in [1.29, 1.82) is 0 Å². The van der Waals surface area contributed by atoms with Gasteiger partial charge in [-0.3, -0.25) is 4.79 Å². The predicted molar refractivity (Wildman–Crippen MR) is 88.9 cm³/mol. The number of rotatable bonds is 4. The second kappa shape index (κ2) is 6.27. The highest BCUT2D eigenvalue weighted by Gasteiger charge is 2.13. The van der Waals surface area contributed by atoms with Gasteiger partial charge in [0.25, 0.3) is 0 Å². The average molecular weight is 288 g/mol. The summed E-state index contributed by atoms with van der Waals surface area (Å²) in [5, 5.41) is 10.4. The maximum atomic E-state index is 12.1. The Balaban J connectivity index is 1.85. The maximum Gasteiger partial charge on any atom is 0.185 e. The standard InChI is InChI=1S/C20H16O2/c21-19(16-9-2-1-3-10-16)14-13-17-11-6-12-18(20(17)22)15-7-4-5-8-15/h1-15,22H. The van der Waals surface area contributed by atoms with Gasteiger partial charge < -0.3 is 5.11 Å². The Morgan fingerprint density at radius 2 is 1.68 bits per heavy atom. The van der Waals surface area contributed by atoms with E-state index < -0.39 is 0 Å². The van der Waals surface area contributed by atoms with E-state index in [1.54, 1.807) is 24.3 Å². The van der Waals surface area contributed by atoms with Crippen LogP contribution in [0.3, 0.4) is 0 Å². The third-order valence-corrected chi connectivity index (χ3v) is 3.68. The highest BCUT2D eigenvalue weighted by atomic mass is 16.3. The molecule has 1 aliphatic rings. The molecule has 0 atom stereocenters. The number of ketones is 1. The first kappa shape index (κ1) is 14.1. The van der Waals surface area contributed by atoms with Gasteiger partial charge in [-0.25, -0.2) is 0 Å². The minimum absolute atomic E-state index is 0.0777. The predicted octanol–water partition coefficient (Wildman–Crippen LogP) is 4.50. The largest absolute Gasteiger partial charge is 0.507 e. The van der Waals surface area contributed by atoms with Gasteiger partial charge in [0.15, 0.2) is 5.78 Å². The van der Waals surface area contributed by atoms with Crippen molar-refractivity contribution in [2.24, 2.45) is 0 Å². The Hall–Kier alpha value is -2.87. The maximum absolute atomic E-state index is 12.1. The molecule has 2 aromatic rings. The van der Waals surface area contributed by atoms with Gasteiger partial charge in [-0.15, -0.1) is 0 Å². The number of benzene rings is 2. The van der Waals surface area contributed by atoms with Crippen LogP contribution in [0.2, 0.25) is 0 Å². The molecule has 2 heteroatoms. The third kappa shape index (κ3) is 2.91. The number of para-hydroxylation sites is 1. The lowest BCUT2D eigenvalue weighted by Gasteiger charge is -2.10. The first-order valence-electron chi connectivity index (χ1n) is 7.20. The van der Waals surface area contributed by atoms with Gasteiger partial charge in [0.1, 0.15) is 5.75 Å². The molecule has 2 nitrogen and oxygen atoms in total. The second-order valence-corrected chi connectivity index (χ2v) is 5.14. The molecule has 0 aromatic heterocycles. The van der Waals surface area contributed by atoms with E-state index in [0.29, 0.717) is 11.1 Å². The van der Waals surface area contributed by atoms with Gasteiger partial charge in [-0.1, -0.05) is 72.8 Å². The molecule has 0 spiro atoms. The fraction of sp³-hybridized carbons (Fsp3) is 0.0500. The van der Waals surface area contributed by atoms with Crippen LogP contribution < -0.4 is 0 Å². The Bertz CT molecular complexity index is 756. The van der Waals surface area contributed by atoms with Crippen LogP contribution in [-0.4, -0.2) is 10.9 Å². The average Bonchev–Trinajstić information content (AvgIpc) is 3.08. The van der Waals surface area contributed by atoms with Crippen molar-refractivity contribution < 1.29 is 9.90 Å². The number of phenols is 1. The molecule has 0 saturated carbocycles. The lowest BCUT2D eigenvalue weighted by atomic mass is 9.97. The highest BCUT2D eigenvalue weighted by Crippen LogP contribution is 2.33. The van der Waals surface area contributed by atoms with E-state index in [1.807, 2.05) is 54.6 Å². The summed E-state index contributed by atoms with van der Waals surface area (Å²) in [5.74, 6) is 0.241. The topological polar surface area (TPSA) is 37.3 Å². The Labute approximate surface area is 129 Å². The first-order chi connectivity index (χ1) is 10.8. The van der Waals surface area contributed by atoms with E-state index in [0.717, 1.165) is 5.56 Å². The van der Waals surface area contributed by atoms with Crippen LogP contribution in [0.25, 0.3) is 6.08 Å². The fourth-order valence-corrected chi connectivity index (χ4v) is 2.49. The SMILES string of the molecule is O=C(C=Cc1cccc(C2C=CC=C2)c1O)c1ccccc1. The van der Waals surface area contributed by atoms with Crippen LogP contribution in [0, 0.1) is 0 Å². The molecule has 108 valence electrons. The third-order valence-electron chi connectivity index (χ3n) is 3.68. The summed E-state index contributed by atoms with van der Waals surface area (Å²) in [6, 6.07) is 14.7. The van der Waals surface area contributed by atoms with E-state index in [-0.39, 0.29) is 17.5 Å². The van der Waals surface area contributed by atoms with Crippen LogP contribution in [0.1, 0.15) is 27.4 Å². The number of aromatic hydroxyl groups is 1. The fourth-order valence-electron chi connectivity index (χ4n) is 2.49. The number of hydrogen-bond acceptors (Lipinski definition) is 2. The molecular weight excluding hydrogens is 272 g/mol. The summed E-state index contributed by atoms with van der Waals surface area (Å²) in [5.41, 5.74) is 2.13. The van der Waals surface area contributed by atoms with Crippen LogP contribution in [0.5, 0.6) is 5.75 Å². The molecule has 0 fully saturated rings. The van der Waals surface area contributed by atoms with Crippen LogP contribution in [-0.2, 0) is 0 Å². The zero-order valence-electron chi connectivity index (χ0n) is 12.0. The van der Waals surface area contributed by atoms with Gasteiger partial charge in [0, 0.05) is 22.6 Å². The minimum atomic E-state index is -0.0777. The monoisotopic (exact) mass is 288 g/mol. The molecule has 0 radical (unpaired) electrons. The molecule has 0 bridgehead atoms. The second-order valence-electron chi connectivity index (χ2n) is 5.14. The number of carbonyl (C=O) groups excluding carboxylic acids is 1. The lowest BCUT2D eigenvalue weighted by molar-refractivity contribution is 0.104. The number of hydrogen-bond donors (Lipinski definition) is 1. The van der Waals surface area contributed by atoms with E-state index >= 15 is 0 Å². The quantitative estimate of drug-likeness (QED) is 0.664. The van der Waals surface area contributed by atoms with E-state index in [2.05, 4.69) is 0 Å². The first-order valence-corrected chi connectivity index (χ1v) is 7.20. The van der Waals surface area contributed by atoms with Gasteiger partial charge in [0.05, 0.1) is 0 Å². The Morgan fingerprint density at radius 1 is 0.955 bits per heavy atom. The van der Waals surface area contributed by atoms with Gasteiger partial charge in [0.2, 0.25) is 0 Å². The van der Waals surface area contributed by atoms with Crippen molar-refractivity contribution in [2.75, 3.05) is 0 Å². The molecule has 0 saturated heterocycles. The van der Waals surface area contributed by atoms with Crippen molar-refractivity contribution in [3.63, 3.8) is 0 Å². The molecule has 0 aliphatic heterocycles. The molecule has 3 rings (SSSR count). The zero-order valence-corrected chi connectivity index (χ0v) is 12.0. The highest BCUT2D eigenvalue weighted by molar-refractivity contribution is 6.06. The lowest BCUT2D eigenvalue weighted by Crippen LogP contribution is -1.94. The molecular formula is C20H16O2. The van der Waals surface area contributed by atoms with Gasteiger partial charge in [-0.05, 0) is 12.2 Å². The number of phenolic OH excluding ortho intramolecular Hbond substituents is 1. The normalized spacial score (nSPS) is 14.0. The summed E-state index contributed by atoms with van der Waals surface area (Å²) < 4.78 is 0. The zero-order chi connectivity index (χ0) is 15.4. The van der Waals surface area contributed by atoms with Crippen molar-refractivity contribution in [3.8, 4) is 5.75 Å². The summed E-state index contributed by atoms with van der Waals surface area (Å²) in [4.78, 5) is 12.1. The molecule has 1 aliphatic carbocycles. The summed E-state index contributed by atoms with van der Waals surface area (Å²) >= 11 is 0. The summed E-state index contributed by atoms with van der Waals surface area (Å²) in [7, 11) is 0. The smallest absolute Gasteiger partial charge is 0.185 e. The van der Waals surface area contributed by atoms with E-state index in [1.165, 1.54) is 6.08 Å². The molecule has 0 heterocycles. The van der Waals surface area contributed by atoms with Crippen molar-refractivity contribution in [2.45, 2.75) is 5.92 Å². The molecule has 2 aromatic carbocycles. The van der Waals surface area contributed by atoms with E-state index in [4.69, 9.17) is 0 Å². The Kier molecular flexibility index (Phi) is 4.01. The van der Waals surface area contributed by atoms with E-state index in [9.17, 15) is 9.90 Å². The summed E-state index contributed by atoms with van der Waals surface area (Å²) in [6.07, 6.45) is 11.1.